The van der Waals surface area contributed by atoms with Crippen molar-refractivity contribution in [3.05, 3.63) is 53.8 Å². The third kappa shape index (κ3) is 4.65. The van der Waals surface area contributed by atoms with Crippen LogP contribution < -0.4 is 15.5 Å². The summed E-state index contributed by atoms with van der Waals surface area (Å²) in [6.07, 6.45) is 0. The summed E-state index contributed by atoms with van der Waals surface area (Å²) < 4.78 is 14.0. The summed E-state index contributed by atoms with van der Waals surface area (Å²) in [6.45, 7) is 2.52. The molecule has 1 saturated heterocycles. The summed E-state index contributed by atoms with van der Waals surface area (Å²) in [5, 5.41) is 5.47. The number of carbonyl (C=O) groups is 3. The van der Waals surface area contributed by atoms with Crippen LogP contribution in [0.1, 0.15) is 17.3 Å². The third-order valence-corrected chi connectivity index (χ3v) is 5.04. The van der Waals surface area contributed by atoms with E-state index in [4.69, 9.17) is 0 Å². The Labute approximate surface area is 160 Å². The van der Waals surface area contributed by atoms with Crippen LogP contribution in [-0.2, 0) is 4.79 Å². The minimum Gasteiger partial charge on any atom is -0.336 e. The Balaban J connectivity index is 1.60. The lowest BCUT2D eigenvalue weighted by molar-refractivity contribution is -0.113. The largest absolute Gasteiger partial charge is 0.336 e. The van der Waals surface area contributed by atoms with Crippen LogP contribution in [0.15, 0.2) is 47.4 Å². The molecule has 1 fully saturated rings. The van der Waals surface area contributed by atoms with Crippen molar-refractivity contribution in [3.8, 4) is 0 Å². The number of hydrogen-bond donors (Lipinski definition) is 2. The molecule has 0 aromatic heterocycles. The zero-order valence-electron chi connectivity index (χ0n) is 14.6. The molecular weight excluding hydrogens is 369 g/mol. The molecule has 0 saturated carbocycles. The molecule has 8 heteroatoms. The van der Waals surface area contributed by atoms with E-state index in [1.165, 1.54) is 25.1 Å². The van der Waals surface area contributed by atoms with E-state index >= 15 is 0 Å². The van der Waals surface area contributed by atoms with Crippen molar-refractivity contribution in [3.63, 3.8) is 0 Å². The van der Waals surface area contributed by atoms with Gasteiger partial charge in [0.05, 0.1) is 5.75 Å². The number of halogens is 1. The number of nitrogens with zero attached hydrogens (tertiary/aromatic N) is 1. The third-order valence-electron chi connectivity index (χ3n) is 4.00. The summed E-state index contributed by atoms with van der Waals surface area (Å²) in [4.78, 5) is 37.1. The van der Waals surface area contributed by atoms with Gasteiger partial charge >= 0.3 is 6.03 Å². The molecular formula is C19H18FN3O3S. The van der Waals surface area contributed by atoms with Gasteiger partial charge in [0.15, 0.2) is 5.78 Å². The highest BCUT2D eigenvalue weighted by Gasteiger charge is 2.21. The molecule has 0 aliphatic carbocycles. The lowest BCUT2D eigenvalue weighted by Crippen LogP contribution is -2.27. The van der Waals surface area contributed by atoms with Gasteiger partial charge in [0.25, 0.3) is 0 Å². The molecule has 0 radical (unpaired) electrons. The van der Waals surface area contributed by atoms with E-state index in [9.17, 15) is 18.8 Å². The van der Waals surface area contributed by atoms with Crippen molar-refractivity contribution in [2.75, 3.05) is 29.1 Å². The van der Waals surface area contributed by atoms with Crippen LogP contribution in [0.3, 0.4) is 0 Å². The Bertz CT molecular complexity index is 904. The minimum absolute atomic E-state index is 0.0186. The molecule has 3 rings (SSSR count). The average Bonchev–Trinajstić information content (AvgIpc) is 3.06. The van der Waals surface area contributed by atoms with Crippen molar-refractivity contribution in [2.45, 2.75) is 11.8 Å². The van der Waals surface area contributed by atoms with E-state index < -0.39 is 5.82 Å². The number of amides is 3. The normalized spacial score (nSPS) is 13.4. The molecule has 0 spiro atoms. The van der Waals surface area contributed by atoms with Gasteiger partial charge in [0.2, 0.25) is 5.91 Å². The van der Waals surface area contributed by atoms with Gasteiger partial charge in [-0.3, -0.25) is 14.5 Å². The Morgan fingerprint density at radius 2 is 2.07 bits per heavy atom. The molecule has 6 nitrogen and oxygen atoms in total. The highest BCUT2D eigenvalue weighted by molar-refractivity contribution is 8.00. The lowest BCUT2D eigenvalue weighted by Gasteiger charge is -2.15. The van der Waals surface area contributed by atoms with Crippen molar-refractivity contribution in [1.82, 2.24) is 5.32 Å². The summed E-state index contributed by atoms with van der Waals surface area (Å²) in [5.41, 5.74) is 1.55. The Morgan fingerprint density at radius 1 is 1.26 bits per heavy atom. The number of carbonyl (C=O) groups excluding carboxylic acids is 3. The minimum atomic E-state index is -0.525. The molecule has 1 heterocycles. The number of rotatable bonds is 6. The maximum Gasteiger partial charge on any atom is 0.321 e. The fourth-order valence-corrected chi connectivity index (χ4v) is 3.37. The second kappa shape index (κ2) is 8.22. The molecule has 3 amide bonds. The number of Topliss-reactive ketones (excluding diaryl/α,β-unsaturated/α-hetero) is 1. The highest BCUT2D eigenvalue weighted by Crippen LogP contribution is 2.24. The quantitative estimate of drug-likeness (QED) is 0.589. The lowest BCUT2D eigenvalue weighted by atomic mass is 10.1. The molecule has 140 valence electrons. The molecule has 27 heavy (non-hydrogen) atoms. The first-order valence-electron chi connectivity index (χ1n) is 8.32. The van der Waals surface area contributed by atoms with Crippen LogP contribution in [0, 0.1) is 5.82 Å². The molecule has 2 N–H and O–H groups in total. The molecule has 0 atom stereocenters. The molecule has 1 aliphatic heterocycles. The summed E-state index contributed by atoms with van der Waals surface area (Å²) in [7, 11) is 0. The first-order chi connectivity index (χ1) is 12.9. The standard InChI is InChI=1S/C19H18FN3O3S/c1-12(24)13-5-6-17(16(20)9-13)27-11-18(25)22-14-3-2-4-15(10-14)23-8-7-21-19(23)26/h2-6,9-10H,7-8,11H2,1H3,(H,21,26)(H,22,25). The van der Waals surface area contributed by atoms with Crippen LogP contribution in [-0.4, -0.2) is 36.6 Å². The predicted molar refractivity (Wildman–Crippen MR) is 103 cm³/mol. The topological polar surface area (TPSA) is 78.5 Å². The fraction of sp³-hybridized carbons (Fsp3) is 0.211. The maximum atomic E-state index is 14.0. The van der Waals surface area contributed by atoms with Crippen LogP contribution in [0.2, 0.25) is 0 Å². The van der Waals surface area contributed by atoms with E-state index in [0.29, 0.717) is 34.9 Å². The highest BCUT2D eigenvalue weighted by atomic mass is 32.2. The van der Waals surface area contributed by atoms with Crippen LogP contribution in [0.5, 0.6) is 0 Å². The zero-order valence-corrected chi connectivity index (χ0v) is 15.4. The van der Waals surface area contributed by atoms with Gasteiger partial charge in [-0.2, -0.15) is 0 Å². The average molecular weight is 387 g/mol. The Morgan fingerprint density at radius 3 is 2.74 bits per heavy atom. The first kappa shape index (κ1) is 18.9. The molecule has 0 unspecified atom stereocenters. The Kier molecular flexibility index (Phi) is 5.75. The second-order valence-electron chi connectivity index (χ2n) is 5.97. The monoisotopic (exact) mass is 387 g/mol. The summed E-state index contributed by atoms with van der Waals surface area (Å²) in [5.74, 6) is -1.01. The maximum absolute atomic E-state index is 14.0. The molecule has 2 aromatic rings. The number of benzene rings is 2. The number of nitrogens with one attached hydrogen (secondary N) is 2. The van der Waals surface area contributed by atoms with Crippen molar-refractivity contribution >= 4 is 40.9 Å². The van der Waals surface area contributed by atoms with Gasteiger partial charge < -0.3 is 10.6 Å². The van der Waals surface area contributed by atoms with Gasteiger partial charge in [0.1, 0.15) is 5.82 Å². The number of urea groups is 1. The summed E-state index contributed by atoms with van der Waals surface area (Å²) >= 11 is 1.05. The first-order valence-corrected chi connectivity index (χ1v) is 9.31. The second-order valence-corrected chi connectivity index (χ2v) is 6.99. The Hall–Kier alpha value is -2.87. The van der Waals surface area contributed by atoms with Crippen molar-refractivity contribution in [1.29, 1.82) is 0 Å². The zero-order chi connectivity index (χ0) is 19.4. The van der Waals surface area contributed by atoms with Crippen LogP contribution in [0.25, 0.3) is 0 Å². The SMILES string of the molecule is CC(=O)c1ccc(SCC(=O)Nc2cccc(N3CCNC3=O)c2)c(F)c1. The molecule has 1 aliphatic rings. The number of thioether (sulfide) groups is 1. The van der Waals surface area contributed by atoms with Gasteiger partial charge in [-0.05, 0) is 37.3 Å². The van der Waals surface area contributed by atoms with E-state index in [1.54, 1.807) is 29.2 Å². The molecule has 0 bridgehead atoms. The molecule has 2 aromatic carbocycles. The van der Waals surface area contributed by atoms with Crippen LogP contribution in [0.4, 0.5) is 20.6 Å². The smallest absolute Gasteiger partial charge is 0.321 e. The van der Waals surface area contributed by atoms with Crippen molar-refractivity contribution < 1.29 is 18.8 Å². The number of ketones is 1. The van der Waals surface area contributed by atoms with E-state index in [0.717, 1.165) is 11.8 Å². The van der Waals surface area contributed by atoms with Crippen LogP contribution >= 0.6 is 11.8 Å². The fourth-order valence-electron chi connectivity index (χ4n) is 2.65. The van der Waals surface area contributed by atoms with Gasteiger partial charge in [-0.1, -0.05) is 12.1 Å². The van der Waals surface area contributed by atoms with E-state index in [2.05, 4.69) is 10.6 Å². The van der Waals surface area contributed by atoms with E-state index in [1.807, 2.05) is 0 Å². The van der Waals surface area contributed by atoms with Crippen molar-refractivity contribution in [2.24, 2.45) is 0 Å². The van der Waals surface area contributed by atoms with E-state index in [-0.39, 0.29) is 23.5 Å². The number of hydrogen-bond acceptors (Lipinski definition) is 4. The predicted octanol–water partition coefficient (Wildman–Crippen LogP) is 3.29. The summed E-state index contributed by atoms with van der Waals surface area (Å²) in [6, 6.07) is 11.0. The van der Waals surface area contributed by atoms with Gasteiger partial charge in [0, 0.05) is 34.9 Å². The van der Waals surface area contributed by atoms with Gasteiger partial charge in [-0.15, -0.1) is 11.8 Å². The number of anilines is 2. The van der Waals surface area contributed by atoms with Gasteiger partial charge in [-0.25, -0.2) is 9.18 Å².